The standard InChI is InChI=1S/C18H30N2O3/c1-18(2,3)23-17(22)19-11-14(12-19)16(21)20-10-6-9-15(20)13-7-4-5-8-13/h13-15H,4-12H2,1-3H3. The van der Waals surface area contributed by atoms with Crippen LogP contribution in [0.15, 0.2) is 0 Å². The highest BCUT2D eigenvalue weighted by atomic mass is 16.6. The molecule has 2 saturated heterocycles. The Bertz CT molecular complexity index is 459. The highest BCUT2D eigenvalue weighted by Gasteiger charge is 2.43. The van der Waals surface area contributed by atoms with Crippen molar-refractivity contribution < 1.29 is 14.3 Å². The van der Waals surface area contributed by atoms with Crippen molar-refractivity contribution in [2.24, 2.45) is 11.8 Å². The molecule has 0 aromatic rings. The number of nitrogens with zero attached hydrogens (tertiary/aromatic N) is 2. The fourth-order valence-corrected chi connectivity index (χ4v) is 4.24. The highest BCUT2D eigenvalue weighted by Crippen LogP contribution is 2.36. The van der Waals surface area contributed by atoms with E-state index in [1.165, 1.54) is 32.1 Å². The summed E-state index contributed by atoms with van der Waals surface area (Å²) in [5.74, 6) is 0.951. The van der Waals surface area contributed by atoms with Crippen LogP contribution in [0.5, 0.6) is 0 Å². The monoisotopic (exact) mass is 322 g/mol. The SMILES string of the molecule is CC(C)(C)OC(=O)N1CC(C(=O)N2CCCC2C2CCCC2)C1. The van der Waals surface area contributed by atoms with Crippen LogP contribution in [0.3, 0.4) is 0 Å². The first-order chi connectivity index (χ1) is 10.8. The van der Waals surface area contributed by atoms with Gasteiger partial charge in [-0.2, -0.15) is 0 Å². The van der Waals surface area contributed by atoms with Crippen LogP contribution in [0.25, 0.3) is 0 Å². The second-order valence-corrected chi connectivity index (χ2v) is 8.37. The van der Waals surface area contributed by atoms with E-state index in [2.05, 4.69) is 4.90 Å². The van der Waals surface area contributed by atoms with Crippen molar-refractivity contribution in [2.75, 3.05) is 19.6 Å². The maximum absolute atomic E-state index is 12.8. The quantitative estimate of drug-likeness (QED) is 0.785. The van der Waals surface area contributed by atoms with Crippen molar-refractivity contribution >= 4 is 12.0 Å². The van der Waals surface area contributed by atoms with E-state index in [0.29, 0.717) is 25.0 Å². The van der Waals surface area contributed by atoms with E-state index in [9.17, 15) is 9.59 Å². The summed E-state index contributed by atoms with van der Waals surface area (Å²) in [5.41, 5.74) is -0.477. The van der Waals surface area contributed by atoms with Gasteiger partial charge < -0.3 is 14.5 Å². The van der Waals surface area contributed by atoms with Crippen molar-refractivity contribution in [3.05, 3.63) is 0 Å². The van der Waals surface area contributed by atoms with Crippen molar-refractivity contribution in [1.82, 2.24) is 9.80 Å². The number of carbonyl (C=O) groups excluding carboxylic acids is 2. The molecule has 0 spiro atoms. The number of ether oxygens (including phenoxy) is 1. The van der Waals surface area contributed by atoms with Gasteiger partial charge in [-0.1, -0.05) is 12.8 Å². The lowest BCUT2D eigenvalue weighted by Crippen LogP contribution is -2.58. The lowest BCUT2D eigenvalue weighted by atomic mass is 9.93. The topological polar surface area (TPSA) is 49.9 Å². The zero-order valence-corrected chi connectivity index (χ0v) is 14.7. The van der Waals surface area contributed by atoms with Gasteiger partial charge in [0.05, 0.1) is 5.92 Å². The first kappa shape index (κ1) is 16.6. The lowest BCUT2D eigenvalue weighted by Gasteiger charge is -2.42. The van der Waals surface area contributed by atoms with Gasteiger partial charge in [0.25, 0.3) is 0 Å². The van der Waals surface area contributed by atoms with Crippen LogP contribution in [0.2, 0.25) is 0 Å². The van der Waals surface area contributed by atoms with E-state index in [1.54, 1.807) is 4.90 Å². The molecular weight excluding hydrogens is 292 g/mol. The van der Waals surface area contributed by atoms with Gasteiger partial charge in [0.15, 0.2) is 0 Å². The number of carbonyl (C=O) groups is 2. The summed E-state index contributed by atoms with van der Waals surface area (Å²) in [5, 5.41) is 0. The van der Waals surface area contributed by atoms with Crippen molar-refractivity contribution in [3.63, 3.8) is 0 Å². The van der Waals surface area contributed by atoms with Gasteiger partial charge in [-0.15, -0.1) is 0 Å². The third kappa shape index (κ3) is 3.64. The summed E-state index contributed by atoms with van der Waals surface area (Å²) in [4.78, 5) is 28.6. The fourth-order valence-electron chi connectivity index (χ4n) is 4.24. The average molecular weight is 322 g/mol. The molecule has 0 N–H and O–H groups in total. The van der Waals surface area contributed by atoms with Crippen molar-refractivity contribution in [2.45, 2.75) is 70.9 Å². The molecule has 1 aliphatic carbocycles. The van der Waals surface area contributed by atoms with E-state index >= 15 is 0 Å². The molecular formula is C18H30N2O3. The molecule has 2 aliphatic heterocycles. The lowest BCUT2D eigenvalue weighted by molar-refractivity contribution is -0.142. The zero-order chi connectivity index (χ0) is 16.6. The smallest absolute Gasteiger partial charge is 0.410 e. The minimum absolute atomic E-state index is 0.0236. The molecule has 1 unspecified atom stereocenters. The zero-order valence-electron chi connectivity index (χ0n) is 14.7. The van der Waals surface area contributed by atoms with Crippen LogP contribution < -0.4 is 0 Å². The molecule has 0 radical (unpaired) electrons. The van der Waals surface area contributed by atoms with E-state index < -0.39 is 5.60 Å². The molecule has 2 amide bonds. The number of hydrogen-bond acceptors (Lipinski definition) is 3. The number of likely N-dealkylation sites (tertiary alicyclic amines) is 2. The van der Waals surface area contributed by atoms with Crippen molar-refractivity contribution in [1.29, 1.82) is 0 Å². The van der Waals surface area contributed by atoms with E-state index in [0.717, 1.165) is 13.0 Å². The Morgan fingerprint density at radius 1 is 1.00 bits per heavy atom. The summed E-state index contributed by atoms with van der Waals surface area (Å²) in [6.07, 6.45) is 7.20. The Morgan fingerprint density at radius 2 is 1.65 bits per heavy atom. The molecule has 5 heteroatoms. The third-order valence-electron chi connectivity index (χ3n) is 5.41. The van der Waals surface area contributed by atoms with Gasteiger partial charge in [0.2, 0.25) is 5.91 Å². The molecule has 3 rings (SSSR count). The van der Waals surface area contributed by atoms with Crippen LogP contribution in [-0.4, -0.2) is 53.1 Å². The maximum atomic E-state index is 12.8. The van der Waals surface area contributed by atoms with Gasteiger partial charge in [0.1, 0.15) is 5.60 Å². The molecule has 3 aliphatic rings. The van der Waals surface area contributed by atoms with Crippen LogP contribution in [0, 0.1) is 11.8 Å². The van der Waals surface area contributed by atoms with Crippen LogP contribution in [0.1, 0.15) is 59.3 Å². The number of rotatable bonds is 2. The normalized spacial score (nSPS) is 26.5. The number of hydrogen-bond donors (Lipinski definition) is 0. The predicted molar refractivity (Wildman–Crippen MR) is 88.0 cm³/mol. The van der Waals surface area contributed by atoms with Gasteiger partial charge in [-0.05, 0) is 52.4 Å². The molecule has 23 heavy (non-hydrogen) atoms. The molecule has 2 heterocycles. The Kier molecular flexibility index (Phi) is 4.56. The van der Waals surface area contributed by atoms with Crippen molar-refractivity contribution in [3.8, 4) is 0 Å². The van der Waals surface area contributed by atoms with Gasteiger partial charge >= 0.3 is 6.09 Å². The summed E-state index contributed by atoms with van der Waals surface area (Å²) in [6.45, 7) is 7.53. The van der Waals surface area contributed by atoms with Gasteiger partial charge in [0, 0.05) is 25.7 Å². The van der Waals surface area contributed by atoms with E-state index in [1.807, 2.05) is 20.8 Å². The summed E-state index contributed by atoms with van der Waals surface area (Å²) in [7, 11) is 0. The molecule has 0 aromatic carbocycles. The molecule has 1 saturated carbocycles. The Hall–Kier alpha value is -1.26. The maximum Gasteiger partial charge on any atom is 0.410 e. The largest absolute Gasteiger partial charge is 0.444 e. The third-order valence-corrected chi connectivity index (χ3v) is 5.41. The minimum Gasteiger partial charge on any atom is -0.444 e. The Balaban J connectivity index is 1.51. The highest BCUT2D eigenvalue weighted by molar-refractivity contribution is 5.83. The summed E-state index contributed by atoms with van der Waals surface area (Å²) >= 11 is 0. The molecule has 0 bridgehead atoms. The molecule has 1 atom stereocenters. The fraction of sp³-hybridized carbons (Fsp3) is 0.889. The Morgan fingerprint density at radius 3 is 2.26 bits per heavy atom. The van der Waals surface area contributed by atoms with Crippen LogP contribution >= 0.6 is 0 Å². The second kappa shape index (κ2) is 6.33. The predicted octanol–water partition coefficient (Wildman–Crippen LogP) is 3.03. The average Bonchev–Trinajstić information content (AvgIpc) is 3.05. The van der Waals surface area contributed by atoms with Crippen LogP contribution in [-0.2, 0) is 9.53 Å². The van der Waals surface area contributed by atoms with Gasteiger partial charge in [-0.25, -0.2) is 4.79 Å². The first-order valence-corrected chi connectivity index (χ1v) is 9.13. The molecule has 5 nitrogen and oxygen atoms in total. The van der Waals surface area contributed by atoms with Gasteiger partial charge in [-0.3, -0.25) is 4.79 Å². The summed E-state index contributed by atoms with van der Waals surface area (Å²) < 4.78 is 5.36. The van der Waals surface area contributed by atoms with E-state index in [-0.39, 0.29) is 17.9 Å². The van der Waals surface area contributed by atoms with E-state index in [4.69, 9.17) is 4.74 Å². The number of amides is 2. The minimum atomic E-state index is -0.477. The van der Waals surface area contributed by atoms with Crippen LogP contribution in [0.4, 0.5) is 4.79 Å². The summed E-state index contributed by atoms with van der Waals surface area (Å²) in [6, 6.07) is 0.459. The molecule has 130 valence electrons. The molecule has 0 aromatic heterocycles. The first-order valence-electron chi connectivity index (χ1n) is 9.13. The second-order valence-electron chi connectivity index (χ2n) is 8.37. The Labute approximate surface area is 139 Å². The molecule has 3 fully saturated rings.